The number of rotatable bonds is 2. The zero-order valence-electron chi connectivity index (χ0n) is 8.41. The predicted octanol–water partition coefficient (Wildman–Crippen LogP) is 2.81. The third kappa shape index (κ3) is 10.9. The van der Waals surface area contributed by atoms with Crippen molar-refractivity contribution in [1.82, 2.24) is 5.32 Å². The molecule has 64 valence electrons. The minimum absolute atomic E-state index is 0.333. The molecule has 10 heavy (non-hydrogen) atoms. The monoisotopic (exact) mass is 145 g/mol. The second kappa shape index (κ2) is 7.07. The van der Waals surface area contributed by atoms with Crippen LogP contribution in [0.15, 0.2) is 0 Å². The van der Waals surface area contributed by atoms with Crippen LogP contribution in [-0.2, 0) is 0 Å². The Hall–Kier alpha value is -0.0400. The fourth-order valence-corrected chi connectivity index (χ4v) is 0.177. The Morgan fingerprint density at radius 3 is 1.40 bits per heavy atom. The molecule has 0 aromatic rings. The van der Waals surface area contributed by atoms with Gasteiger partial charge in [0.25, 0.3) is 0 Å². The Labute approximate surface area is 66.2 Å². The largest absolute Gasteiger partial charge is 0.315 e. The minimum atomic E-state index is 0.333. The normalized spacial score (nSPS) is 10.2. The predicted molar refractivity (Wildman–Crippen MR) is 49.4 cm³/mol. The molecular weight excluding hydrogens is 122 g/mol. The molecule has 0 aliphatic heterocycles. The molecule has 0 atom stereocenters. The second-order valence-corrected chi connectivity index (χ2v) is 3.19. The van der Waals surface area contributed by atoms with E-state index in [1.807, 2.05) is 7.05 Å². The lowest BCUT2D eigenvalue weighted by Gasteiger charge is -2.20. The van der Waals surface area contributed by atoms with Gasteiger partial charge in [-0.05, 0) is 27.3 Å². The molecule has 0 saturated heterocycles. The summed E-state index contributed by atoms with van der Waals surface area (Å²) in [6, 6.07) is 0. The Morgan fingerprint density at radius 1 is 1.10 bits per heavy atom. The highest BCUT2D eigenvalue weighted by Crippen LogP contribution is 2.03. The first-order valence-electron chi connectivity index (χ1n) is 4.22. The summed E-state index contributed by atoms with van der Waals surface area (Å²) in [5, 5.41) is 3.19. The highest BCUT2D eigenvalue weighted by atomic mass is 14.9. The molecule has 0 aliphatic rings. The van der Waals surface area contributed by atoms with Crippen LogP contribution in [0.1, 0.15) is 47.5 Å². The first-order valence-corrected chi connectivity index (χ1v) is 4.22. The first kappa shape index (κ1) is 12.6. The molecule has 0 fully saturated rings. The van der Waals surface area contributed by atoms with Crippen LogP contribution in [0.4, 0.5) is 0 Å². The molecule has 1 N–H and O–H groups in total. The van der Waals surface area contributed by atoms with Crippen LogP contribution in [0.5, 0.6) is 0 Å². The molecule has 0 heterocycles. The summed E-state index contributed by atoms with van der Waals surface area (Å²) < 4.78 is 0. The van der Waals surface area contributed by atoms with Crippen LogP contribution in [0.3, 0.4) is 0 Å². The molecule has 0 unspecified atom stereocenters. The highest BCUT2D eigenvalue weighted by Gasteiger charge is 2.08. The summed E-state index contributed by atoms with van der Waals surface area (Å²) >= 11 is 0. The summed E-state index contributed by atoms with van der Waals surface area (Å²) in [5.74, 6) is 0. The van der Waals surface area contributed by atoms with E-state index < -0.39 is 0 Å². The van der Waals surface area contributed by atoms with Gasteiger partial charge in [0.1, 0.15) is 0 Å². The van der Waals surface area contributed by atoms with Crippen molar-refractivity contribution in [1.29, 1.82) is 0 Å². The van der Waals surface area contributed by atoms with E-state index in [0.717, 1.165) is 0 Å². The van der Waals surface area contributed by atoms with Gasteiger partial charge in [0, 0.05) is 5.54 Å². The SMILES string of the molecule is CCC.CCC(C)(C)NC. The van der Waals surface area contributed by atoms with Gasteiger partial charge in [0.2, 0.25) is 0 Å². The average molecular weight is 145 g/mol. The maximum atomic E-state index is 3.19. The summed E-state index contributed by atoms with van der Waals surface area (Å²) in [6.07, 6.45) is 2.43. The van der Waals surface area contributed by atoms with Crippen LogP contribution in [-0.4, -0.2) is 12.6 Å². The van der Waals surface area contributed by atoms with E-state index in [1.165, 1.54) is 12.8 Å². The van der Waals surface area contributed by atoms with E-state index in [9.17, 15) is 0 Å². The Bertz CT molecular complexity index is 51.7. The molecule has 0 saturated carbocycles. The molecule has 0 aromatic carbocycles. The topological polar surface area (TPSA) is 12.0 Å². The number of hydrogen-bond donors (Lipinski definition) is 1. The van der Waals surface area contributed by atoms with Crippen molar-refractivity contribution < 1.29 is 0 Å². The highest BCUT2D eigenvalue weighted by molar-refractivity contribution is 4.71. The molecule has 0 amide bonds. The van der Waals surface area contributed by atoms with Gasteiger partial charge < -0.3 is 5.32 Å². The van der Waals surface area contributed by atoms with Crippen LogP contribution in [0, 0.1) is 0 Å². The van der Waals surface area contributed by atoms with E-state index in [4.69, 9.17) is 0 Å². The summed E-state index contributed by atoms with van der Waals surface area (Å²) in [6.45, 7) is 10.8. The van der Waals surface area contributed by atoms with E-state index in [0.29, 0.717) is 5.54 Å². The van der Waals surface area contributed by atoms with Crippen LogP contribution >= 0.6 is 0 Å². The maximum Gasteiger partial charge on any atom is 0.0119 e. The van der Waals surface area contributed by atoms with Gasteiger partial charge in [0.15, 0.2) is 0 Å². The Balaban J connectivity index is 0. The lowest BCUT2D eigenvalue weighted by atomic mass is 10.0. The van der Waals surface area contributed by atoms with E-state index in [-0.39, 0.29) is 0 Å². The molecule has 0 spiro atoms. The molecule has 0 bridgehead atoms. The van der Waals surface area contributed by atoms with Crippen LogP contribution in [0.25, 0.3) is 0 Å². The molecule has 0 aliphatic carbocycles. The van der Waals surface area contributed by atoms with Crippen molar-refractivity contribution in [3.05, 3.63) is 0 Å². The first-order chi connectivity index (χ1) is 4.54. The fourth-order valence-electron chi connectivity index (χ4n) is 0.177. The average Bonchev–Trinajstić information content (AvgIpc) is 1.90. The zero-order chi connectivity index (χ0) is 8.62. The molecule has 1 heteroatoms. The van der Waals surface area contributed by atoms with Crippen LogP contribution in [0.2, 0.25) is 0 Å². The van der Waals surface area contributed by atoms with Gasteiger partial charge in [0.05, 0.1) is 0 Å². The second-order valence-electron chi connectivity index (χ2n) is 3.19. The van der Waals surface area contributed by atoms with Crippen molar-refractivity contribution >= 4 is 0 Å². The number of hydrogen-bond acceptors (Lipinski definition) is 1. The number of nitrogens with one attached hydrogen (secondary N) is 1. The van der Waals surface area contributed by atoms with Gasteiger partial charge in [-0.25, -0.2) is 0 Å². The van der Waals surface area contributed by atoms with E-state index in [2.05, 4.69) is 39.9 Å². The third-order valence-electron chi connectivity index (χ3n) is 1.56. The van der Waals surface area contributed by atoms with Crippen molar-refractivity contribution in [3.8, 4) is 0 Å². The molecular formula is C9H23N. The lowest BCUT2D eigenvalue weighted by molar-refractivity contribution is 0.411. The molecule has 0 aromatic heterocycles. The molecule has 0 rings (SSSR count). The van der Waals surface area contributed by atoms with Gasteiger partial charge in [-0.15, -0.1) is 0 Å². The maximum absolute atomic E-state index is 3.19. The quantitative estimate of drug-likeness (QED) is 0.630. The standard InChI is InChI=1S/C6H15N.C3H8/c1-5-6(2,3)7-4;1-3-2/h7H,5H2,1-4H3;3H2,1-2H3. The van der Waals surface area contributed by atoms with E-state index in [1.54, 1.807) is 0 Å². The molecule has 1 nitrogen and oxygen atoms in total. The van der Waals surface area contributed by atoms with Gasteiger partial charge in [-0.2, -0.15) is 0 Å². The van der Waals surface area contributed by atoms with Crippen LogP contribution < -0.4 is 5.32 Å². The fraction of sp³-hybridized carbons (Fsp3) is 1.00. The van der Waals surface area contributed by atoms with Crippen molar-refractivity contribution in [2.75, 3.05) is 7.05 Å². The van der Waals surface area contributed by atoms with Crippen molar-refractivity contribution in [2.45, 2.75) is 53.0 Å². The minimum Gasteiger partial charge on any atom is -0.315 e. The summed E-state index contributed by atoms with van der Waals surface area (Å²) in [4.78, 5) is 0. The van der Waals surface area contributed by atoms with Crippen molar-refractivity contribution in [2.24, 2.45) is 0 Å². The smallest absolute Gasteiger partial charge is 0.0119 e. The molecule has 0 radical (unpaired) electrons. The summed E-state index contributed by atoms with van der Waals surface area (Å²) in [5.41, 5.74) is 0.333. The lowest BCUT2D eigenvalue weighted by Crippen LogP contribution is -2.34. The Morgan fingerprint density at radius 2 is 1.40 bits per heavy atom. The van der Waals surface area contributed by atoms with E-state index >= 15 is 0 Å². The van der Waals surface area contributed by atoms with Gasteiger partial charge in [-0.3, -0.25) is 0 Å². The summed E-state index contributed by atoms with van der Waals surface area (Å²) in [7, 11) is 1.99. The van der Waals surface area contributed by atoms with Gasteiger partial charge in [-0.1, -0.05) is 27.2 Å². The van der Waals surface area contributed by atoms with Gasteiger partial charge >= 0.3 is 0 Å². The third-order valence-corrected chi connectivity index (χ3v) is 1.56. The zero-order valence-corrected chi connectivity index (χ0v) is 8.41. The Kier molecular flexibility index (Phi) is 8.92. The van der Waals surface area contributed by atoms with Crippen molar-refractivity contribution in [3.63, 3.8) is 0 Å².